The van der Waals surface area contributed by atoms with Gasteiger partial charge in [0.2, 0.25) is 5.91 Å². The van der Waals surface area contributed by atoms with Crippen LogP contribution in [-0.2, 0) is 4.79 Å². The van der Waals surface area contributed by atoms with Crippen LogP contribution in [0.4, 0.5) is 0 Å². The van der Waals surface area contributed by atoms with Crippen molar-refractivity contribution in [3.8, 4) is 0 Å². The van der Waals surface area contributed by atoms with Crippen LogP contribution in [0.1, 0.15) is 72.1 Å². The van der Waals surface area contributed by atoms with Crippen molar-refractivity contribution in [1.29, 1.82) is 0 Å². The van der Waals surface area contributed by atoms with Crippen LogP contribution in [-0.4, -0.2) is 47.8 Å². The Bertz CT molecular complexity index is 743. The van der Waals surface area contributed by atoms with Gasteiger partial charge in [0.25, 0.3) is 11.8 Å². The number of nitrogens with one attached hydrogen (secondary N) is 2. The second-order valence-electron chi connectivity index (χ2n) is 8.32. The normalized spacial score (nSPS) is 30.2. The molecule has 0 unspecified atom stereocenters. The van der Waals surface area contributed by atoms with Gasteiger partial charge >= 0.3 is 0 Å². The molecule has 1 aromatic rings. The van der Waals surface area contributed by atoms with Crippen molar-refractivity contribution in [2.75, 3.05) is 7.05 Å². The predicted octanol–water partition coefficient (Wildman–Crippen LogP) is 2.49. The number of fused-ring (bicyclic) bond motifs is 1. The largest absolute Gasteiger partial charge is 0.359 e. The molecule has 4 rings (SSSR count). The molecule has 4 atom stereocenters. The Morgan fingerprint density at radius 1 is 0.964 bits per heavy atom. The number of carbonyl (C=O) groups is 3. The van der Waals surface area contributed by atoms with Gasteiger partial charge < -0.3 is 10.6 Å². The van der Waals surface area contributed by atoms with E-state index in [0.717, 1.165) is 51.4 Å². The number of hydrogen-bond acceptors (Lipinski definition) is 4. The molecule has 1 heterocycles. The van der Waals surface area contributed by atoms with E-state index in [2.05, 4.69) is 10.6 Å². The summed E-state index contributed by atoms with van der Waals surface area (Å²) in [6, 6.07) is 7.44. The maximum Gasteiger partial charge on any atom is 0.261 e. The molecule has 3 amide bonds. The minimum atomic E-state index is -0.160. The van der Waals surface area contributed by atoms with Gasteiger partial charge in [-0.3, -0.25) is 19.3 Å². The van der Waals surface area contributed by atoms with Gasteiger partial charge in [-0.1, -0.05) is 25.0 Å². The molecule has 6 nitrogen and oxygen atoms in total. The van der Waals surface area contributed by atoms with Crippen LogP contribution in [0, 0.1) is 5.92 Å². The molecule has 0 spiro atoms. The molecule has 0 radical (unpaired) electrons. The van der Waals surface area contributed by atoms with Gasteiger partial charge in [0.05, 0.1) is 17.0 Å². The topological polar surface area (TPSA) is 78.5 Å². The highest BCUT2D eigenvalue weighted by atomic mass is 16.2. The van der Waals surface area contributed by atoms with E-state index in [-0.39, 0.29) is 41.8 Å². The Kier molecular flexibility index (Phi) is 5.49. The SMILES string of the molecule is CNC(=O)[C@@H]1CCCC[C@@H]1N[C@@H]1CCC[C@H](N2C(=O)c3ccccc3C2=O)C1. The van der Waals surface area contributed by atoms with E-state index in [4.69, 9.17) is 0 Å². The van der Waals surface area contributed by atoms with Gasteiger partial charge in [-0.25, -0.2) is 0 Å². The molecule has 1 aromatic carbocycles. The van der Waals surface area contributed by atoms with Crippen LogP contribution in [0.2, 0.25) is 0 Å². The van der Waals surface area contributed by atoms with Gasteiger partial charge in [-0.05, 0) is 50.7 Å². The van der Waals surface area contributed by atoms with E-state index >= 15 is 0 Å². The maximum atomic E-state index is 12.8. The highest BCUT2D eigenvalue weighted by molar-refractivity contribution is 6.21. The number of benzene rings is 1. The van der Waals surface area contributed by atoms with E-state index in [9.17, 15) is 14.4 Å². The van der Waals surface area contributed by atoms with Gasteiger partial charge in [-0.2, -0.15) is 0 Å². The van der Waals surface area contributed by atoms with E-state index in [1.807, 2.05) is 0 Å². The molecule has 28 heavy (non-hydrogen) atoms. The minimum Gasteiger partial charge on any atom is -0.359 e. The zero-order chi connectivity index (χ0) is 19.7. The molecule has 2 fully saturated rings. The number of rotatable bonds is 4. The highest BCUT2D eigenvalue weighted by Crippen LogP contribution is 2.32. The highest BCUT2D eigenvalue weighted by Gasteiger charge is 2.42. The fourth-order valence-corrected chi connectivity index (χ4v) is 5.22. The molecule has 0 bridgehead atoms. The Hall–Kier alpha value is -2.21. The summed E-state index contributed by atoms with van der Waals surface area (Å²) in [4.78, 5) is 39.4. The van der Waals surface area contributed by atoms with Gasteiger partial charge in [0.15, 0.2) is 0 Å². The summed E-state index contributed by atoms with van der Waals surface area (Å²) in [6.07, 6.45) is 7.79. The molecule has 0 aromatic heterocycles. The molecule has 2 saturated carbocycles. The number of carbonyl (C=O) groups excluding carboxylic acids is 3. The molecule has 2 aliphatic carbocycles. The smallest absolute Gasteiger partial charge is 0.261 e. The molecule has 1 aliphatic heterocycles. The van der Waals surface area contributed by atoms with Crippen molar-refractivity contribution in [2.24, 2.45) is 5.92 Å². The average molecular weight is 383 g/mol. The third kappa shape index (κ3) is 3.46. The molecule has 3 aliphatic rings. The van der Waals surface area contributed by atoms with Crippen molar-refractivity contribution in [3.05, 3.63) is 35.4 Å². The third-order valence-corrected chi connectivity index (χ3v) is 6.64. The summed E-state index contributed by atoms with van der Waals surface area (Å²) in [5.74, 6) is -0.192. The summed E-state index contributed by atoms with van der Waals surface area (Å²) in [6.45, 7) is 0. The van der Waals surface area contributed by atoms with Crippen LogP contribution < -0.4 is 10.6 Å². The first kappa shape index (κ1) is 19.1. The Labute approximate surface area is 166 Å². The molecule has 2 N–H and O–H groups in total. The predicted molar refractivity (Wildman–Crippen MR) is 106 cm³/mol. The van der Waals surface area contributed by atoms with Gasteiger partial charge in [-0.15, -0.1) is 0 Å². The fraction of sp³-hybridized carbons (Fsp3) is 0.591. The first-order valence-electron chi connectivity index (χ1n) is 10.5. The second-order valence-corrected chi connectivity index (χ2v) is 8.32. The Morgan fingerprint density at radius 3 is 2.32 bits per heavy atom. The summed E-state index contributed by atoms with van der Waals surface area (Å²) in [5, 5.41) is 6.52. The summed E-state index contributed by atoms with van der Waals surface area (Å²) >= 11 is 0. The number of hydrogen-bond donors (Lipinski definition) is 2. The fourth-order valence-electron chi connectivity index (χ4n) is 5.22. The van der Waals surface area contributed by atoms with Crippen molar-refractivity contribution < 1.29 is 14.4 Å². The number of imide groups is 1. The number of amides is 3. The summed E-state index contributed by atoms with van der Waals surface area (Å²) in [5.41, 5.74) is 1.05. The lowest BCUT2D eigenvalue weighted by Crippen LogP contribution is -2.53. The van der Waals surface area contributed by atoms with Crippen LogP contribution in [0.3, 0.4) is 0 Å². The molecular formula is C22H29N3O3. The first-order chi connectivity index (χ1) is 13.6. The average Bonchev–Trinajstić information content (AvgIpc) is 2.99. The lowest BCUT2D eigenvalue weighted by molar-refractivity contribution is -0.126. The van der Waals surface area contributed by atoms with Crippen molar-refractivity contribution in [1.82, 2.24) is 15.5 Å². The Morgan fingerprint density at radius 2 is 1.64 bits per heavy atom. The van der Waals surface area contributed by atoms with Crippen LogP contribution >= 0.6 is 0 Å². The van der Waals surface area contributed by atoms with E-state index in [0.29, 0.717) is 11.1 Å². The van der Waals surface area contributed by atoms with E-state index in [1.165, 1.54) is 4.90 Å². The zero-order valence-electron chi connectivity index (χ0n) is 16.4. The minimum absolute atomic E-state index is 0.0124. The molecule has 6 heteroatoms. The van der Waals surface area contributed by atoms with Crippen molar-refractivity contribution >= 4 is 17.7 Å². The summed E-state index contributed by atoms with van der Waals surface area (Å²) in [7, 11) is 1.70. The lowest BCUT2D eigenvalue weighted by atomic mass is 9.82. The second kappa shape index (κ2) is 8.03. The number of nitrogens with zero attached hydrogens (tertiary/aromatic N) is 1. The standard InChI is InChI=1S/C22H29N3O3/c1-23-20(26)18-11-4-5-12-19(18)24-14-7-6-8-15(13-14)25-21(27)16-9-2-3-10-17(16)22(25)28/h2-3,9-10,14-15,18-19,24H,4-8,11-13H2,1H3,(H,23,26)/t14-,15+,18-,19+/m1/s1. The molecule has 150 valence electrons. The first-order valence-corrected chi connectivity index (χ1v) is 10.5. The van der Waals surface area contributed by atoms with Gasteiger partial charge in [0.1, 0.15) is 0 Å². The third-order valence-electron chi connectivity index (χ3n) is 6.64. The van der Waals surface area contributed by atoms with Crippen molar-refractivity contribution in [3.63, 3.8) is 0 Å². The quantitative estimate of drug-likeness (QED) is 0.783. The van der Waals surface area contributed by atoms with Crippen LogP contribution in [0.25, 0.3) is 0 Å². The maximum absolute atomic E-state index is 12.8. The monoisotopic (exact) mass is 383 g/mol. The zero-order valence-corrected chi connectivity index (χ0v) is 16.4. The van der Waals surface area contributed by atoms with Crippen LogP contribution in [0.15, 0.2) is 24.3 Å². The molecular weight excluding hydrogens is 354 g/mol. The molecule has 0 saturated heterocycles. The van der Waals surface area contributed by atoms with Crippen molar-refractivity contribution in [2.45, 2.75) is 69.5 Å². The lowest BCUT2D eigenvalue weighted by Gasteiger charge is -2.39. The van der Waals surface area contributed by atoms with E-state index < -0.39 is 0 Å². The van der Waals surface area contributed by atoms with Gasteiger partial charge in [0, 0.05) is 25.2 Å². The van der Waals surface area contributed by atoms with E-state index in [1.54, 1.807) is 31.3 Å². The Balaban J connectivity index is 1.44. The summed E-state index contributed by atoms with van der Waals surface area (Å²) < 4.78 is 0. The van der Waals surface area contributed by atoms with Crippen LogP contribution in [0.5, 0.6) is 0 Å².